The van der Waals surface area contributed by atoms with Crippen molar-refractivity contribution in [2.45, 2.75) is 50.8 Å². The molecule has 0 bridgehead atoms. The molecule has 1 aliphatic carbocycles. The number of ether oxygens (including phenoxy) is 1. The fourth-order valence-electron chi connectivity index (χ4n) is 4.68. The zero-order chi connectivity index (χ0) is 30.3. The highest BCUT2D eigenvalue weighted by Gasteiger charge is 2.44. The maximum atomic E-state index is 12.9. The second kappa shape index (κ2) is 10.6. The van der Waals surface area contributed by atoms with Crippen LogP contribution in [0.2, 0.25) is 0 Å². The lowest BCUT2D eigenvalue weighted by Crippen LogP contribution is -2.37. The first kappa shape index (κ1) is 28.8. The number of carbonyl (C=O) groups is 2. The number of carbonyl (C=O) groups excluding carboxylic acids is 1. The number of nitrogens with zero attached hydrogens (tertiary/aromatic N) is 3. The van der Waals surface area contributed by atoms with Crippen LogP contribution < -0.4 is 5.32 Å². The van der Waals surface area contributed by atoms with Crippen LogP contribution in [0.3, 0.4) is 0 Å². The summed E-state index contributed by atoms with van der Waals surface area (Å²) in [7, 11) is 0. The summed E-state index contributed by atoms with van der Waals surface area (Å²) in [6.45, 7) is 5.88. The van der Waals surface area contributed by atoms with Gasteiger partial charge in [0.05, 0.1) is 23.0 Å². The van der Waals surface area contributed by atoms with E-state index in [9.17, 15) is 27.9 Å². The van der Waals surface area contributed by atoms with E-state index < -0.39 is 29.4 Å². The van der Waals surface area contributed by atoms with E-state index in [2.05, 4.69) is 15.6 Å². The number of halogens is 3. The van der Waals surface area contributed by atoms with E-state index in [-0.39, 0.29) is 11.0 Å². The van der Waals surface area contributed by atoms with Crippen LogP contribution in [0.15, 0.2) is 72.9 Å². The largest absolute Gasteiger partial charge is 0.478 e. The molecular formula is C31H29F3N4O4. The summed E-state index contributed by atoms with van der Waals surface area (Å²) in [5, 5.41) is 20.8. The number of rotatable bonds is 7. The highest BCUT2D eigenvalue weighted by atomic mass is 19.4. The minimum Gasteiger partial charge on any atom is -0.478 e. The Kier molecular flexibility index (Phi) is 7.30. The minimum atomic E-state index is -4.45. The van der Waals surface area contributed by atoms with Gasteiger partial charge in [-0.25, -0.2) is 14.3 Å². The van der Waals surface area contributed by atoms with Crippen LogP contribution in [0.1, 0.15) is 55.1 Å². The molecule has 0 unspecified atom stereocenters. The van der Waals surface area contributed by atoms with Crippen LogP contribution in [-0.4, -0.2) is 44.3 Å². The van der Waals surface area contributed by atoms with E-state index in [1.54, 1.807) is 12.1 Å². The molecule has 4 aromatic rings. The number of nitrogens with one attached hydrogen (secondary N) is 1. The van der Waals surface area contributed by atoms with Gasteiger partial charge in [0.2, 0.25) is 0 Å². The second-order valence-corrected chi connectivity index (χ2v) is 11.4. The number of benzene rings is 3. The predicted molar refractivity (Wildman–Crippen MR) is 149 cm³/mol. The third-order valence-electron chi connectivity index (χ3n) is 7.08. The first-order valence-electron chi connectivity index (χ1n) is 13.3. The molecule has 1 fully saturated rings. The molecule has 1 aliphatic rings. The summed E-state index contributed by atoms with van der Waals surface area (Å²) in [4.78, 5) is 24.1. The van der Waals surface area contributed by atoms with Crippen LogP contribution >= 0.6 is 0 Å². The number of aromatic carboxylic acids is 1. The number of carboxylic acids is 1. The van der Waals surface area contributed by atoms with E-state index >= 15 is 0 Å². The first-order chi connectivity index (χ1) is 19.7. The number of carboxylic acid groups (broad SMARTS) is 1. The molecular weight excluding hydrogens is 549 g/mol. The van der Waals surface area contributed by atoms with Crippen molar-refractivity contribution < 1.29 is 32.6 Å². The topological polar surface area (TPSA) is 106 Å². The molecule has 1 amide bonds. The van der Waals surface area contributed by atoms with Crippen molar-refractivity contribution in [2.75, 3.05) is 6.54 Å². The third kappa shape index (κ3) is 6.45. The Morgan fingerprint density at radius 3 is 2.17 bits per heavy atom. The van der Waals surface area contributed by atoms with Gasteiger partial charge in [-0.15, -0.1) is 5.10 Å². The Morgan fingerprint density at radius 2 is 1.60 bits per heavy atom. The standard InChI is InChI=1S/C31H29F3N4O4/c1-29(2,3)42-28(41)35-18-30(12-13-30)23-8-4-19(5-9-23)21-14-22(27(39)40)16-25(15-21)38-17-26(36-37-38)20-6-10-24(11-7-20)31(32,33)34/h4-11,14-17H,12-13,18H2,1-3H3,(H,35,41)(H,39,40). The van der Waals surface area contributed by atoms with Crippen LogP contribution in [0.25, 0.3) is 28.1 Å². The smallest absolute Gasteiger partial charge is 0.416 e. The summed E-state index contributed by atoms with van der Waals surface area (Å²) < 4.78 is 45.5. The Labute approximate surface area is 240 Å². The number of hydrogen-bond acceptors (Lipinski definition) is 5. The number of aromatic nitrogens is 3. The van der Waals surface area contributed by atoms with Crippen LogP contribution in [-0.2, 0) is 16.3 Å². The van der Waals surface area contributed by atoms with Crippen molar-refractivity contribution in [3.63, 3.8) is 0 Å². The summed E-state index contributed by atoms with van der Waals surface area (Å²) in [5.74, 6) is -1.12. The van der Waals surface area contributed by atoms with Gasteiger partial charge in [-0.1, -0.05) is 41.6 Å². The lowest BCUT2D eigenvalue weighted by molar-refractivity contribution is -0.137. The molecule has 0 spiro atoms. The molecule has 0 saturated heterocycles. The van der Waals surface area contributed by atoms with E-state index in [0.29, 0.717) is 29.1 Å². The number of alkyl halides is 3. The molecule has 42 heavy (non-hydrogen) atoms. The fraction of sp³-hybridized carbons (Fsp3) is 0.290. The summed E-state index contributed by atoms with van der Waals surface area (Å²) in [6, 6.07) is 17.1. The molecule has 2 N–H and O–H groups in total. The number of alkyl carbamates (subject to hydrolysis) is 1. The van der Waals surface area contributed by atoms with Gasteiger partial charge in [0.15, 0.2) is 0 Å². The van der Waals surface area contributed by atoms with Gasteiger partial charge in [-0.2, -0.15) is 13.2 Å². The second-order valence-electron chi connectivity index (χ2n) is 11.4. The lowest BCUT2D eigenvalue weighted by atomic mass is 9.93. The highest BCUT2D eigenvalue weighted by molar-refractivity contribution is 5.90. The van der Waals surface area contributed by atoms with Crippen molar-refractivity contribution in [1.82, 2.24) is 20.3 Å². The zero-order valence-electron chi connectivity index (χ0n) is 23.2. The van der Waals surface area contributed by atoms with Gasteiger partial charge in [0.25, 0.3) is 0 Å². The lowest BCUT2D eigenvalue weighted by Gasteiger charge is -2.22. The fourth-order valence-corrected chi connectivity index (χ4v) is 4.68. The van der Waals surface area contributed by atoms with Crippen molar-refractivity contribution in [1.29, 1.82) is 0 Å². The minimum absolute atomic E-state index is 0.0402. The van der Waals surface area contributed by atoms with Crippen LogP contribution in [0.4, 0.5) is 18.0 Å². The third-order valence-corrected chi connectivity index (χ3v) is 7.08. The molecule has 5 rings (SSSR count). The van der Waals surface area contributed by atoms with Gasteiger partial charge >= 0.3 is 18.2 Å². The predicted octanol–water partition coefficient (Wildman–Crippen LogP) is 6.87. The summed E-state index contributed by atoms with van der Waals surface area (Å²) in [5.41, 5.74) is 2.21. The van der Waals surface area contributed by atoms with Crippen molar-refractivity contribution >= 4 is 12.1 Å². The normalized spacial score (nSPS) is 14.3. The van der Waals surface area contributed by atoms with Crippen molar-refractivity contribution in [3.05, 3.63) is 89.6 Å². The Bertz CT molecular complexity index is 1620. The first-order valence-corrected chi connectivity index (χ1v) is 13.3. The average molecular weight is 579 g/mol. The number of amides is 1. The van der Waals surface area contributed by atoms with Crippen molar-refractivity contribution in [2.24, 2.45) is 0 Å². The number of hydrogen-bond donors (Lipinski definition) is 2. The molecule has 1 aromatic heterocycles. The summed E-state index contributed by atoms with van der Waals surface area (Å²) in [6.07, 6.45) is -1.52. The molecule has 0 radical (unpaired) electrons. The van der Waals surface area contributed by atoms with E-state index in [0.717, 1.165) is 36.1 Å². The van der Waals surface area contributed by atoms with Gasteiger partial charge in [0.1, 0.15) is 11.3 Å². The monoisotopic (exact) mass is 578 g/mol. The Hall–Kier alpha value is -4.67. The van der Waals surface area contributed by atoms with Gasteiger partial charge in [0, 0.05) is 17.5 Å². The molecule has 1 saturated carbocycles. The van der Waals surface area contributed by atoms with E-state index in [1.165, 1.54) is 29.1 Å². The van der Waals surface area contributed by atoms with Crippen molar-refractivity contribution in [3.8, 4) is 28.1 Å². The van der Waals surface area contributed by atoms with Gasteiger partial charge in [-0.05, 0) is 80.6 Å². The molecule has 0 aliphatic heterocycles. The van der Waals surface area contributed by atoms with E-state index in [1.807, 2.05) is 45.0 Å². The molecule has 218 valence electrons. The maximum Gasteiger partial charge on any atom is 0.416 e. The Morgan fingerprint density at radius 1 is 0.952 bits per heavy atom. The molecule has 0 atom stereocenters. The van der Waals surface area contributed by atoms with Gasteiger partial charge in [-0.3, -0.25) is 0 Å². The van der Waals surface area contributed by atoms with Crippen LogP contribution in [0.5, 0.6) is 0 Å². The Balaban J connectivity index is 1.37. The van der Waals surface area contributed by atoms with E-state index in [4.69, 9.17) is 4.74 Å². The molecule has 11 heteroatoms. The highest BCUT2D eigenvalue weighted by Crippen LogP contribution is 2.48. The zero-order valence-corrected chi connectivity index (χ0v) is 23.2. The van der Waals surface area contributed by atoms with Gasteiger partial charge < -0.3 is 15.2 Å². The van der Waals surface area contributed by atoms with Crippen LogP contribution in [0, 0.1) is 0 Å². The SMILES string of the molecule is CC(C)(C)OC(=O)NCC1(c2ccc(-c3cc(C(=O)O)cc(-n4cc(-c5ccc(C(F)(F)F)cc5)nn4)c3)cc2)CC1. The molecule has 3 aromatic carbocycles. The average Bonchev–Trinajstić information content (AvgIpc) is 3.56. The maximum absolute atomic E-state index is 12.9. The molecule has 1 heterocycles. The summed E-state index contributed by atoms with van der Waals surface area (Å²) >= 11 is 0. The molecule has 8 nitrogen and oxygen atoms in total. The quantitative estimate of drug-likeness (QED) is 0.248.